The lowest BCUT2D eigenvalue weighted by atomic mass is 10.2. The van der Waals surface area contributed by atoms with E-state index in [1.807, 2.05) is 47.7 Å². The molecule has 1 aliphatic heterocycles. The van der Waals surface area contributed by atoms with Gasteiger partial charge in [-0.25, -0.2) is 9.79 Å². The van der Waals surface area contributed by atoms with E-state index in [1.165, 1.54) is 0 Å². The normalized spacial score (nSPS) is 17.4. The second-order valence-electron chi connectivity index (χ2n) is 3.92. The highest BCUT2D eigenvalue weighted by Gasteiger charge is 2.30. The minimum Gasteiger partial charge on any atom is -0.469 e. The van der Waals surface area contributed by atoms with Crippen LogP contribution >= 0.6 is 22.6 Å². The topological polar surface area (TPSA) is 47.9 Å². The molecule has 18 heavy (non-hydrogen) atoms. The summed E-state index contributed by atoms with van der Waals surface area (Å²) in [5, 5.41) is 0. The number of ether oxygens (including phenoxy) is 2. The molecule has 1 unspecified atom stereocenters. The third kappa shape index (κ3) is 3.01. The first-order valence-corrected chi connectivity index (χ1v) is 6.96. The van der Waals surface area contributed by atoms with Crippen LogP contribution < -0.4 is 4.74 Å². The SMILES string of the molecule is CCCCOC(=O)C1Oc2ccccc2N=C1I. The molecule has 1 aromatic rings. The lowest BCUT2D eigenvalue weighted by Gasteiger charge is -2.21. The van der Waals surface area contributed by atoms with Gasteiger partial charge in [0.2, 0.25) is 6.10 Å². The second-order valence-corrected chi connectivity index (χ2v) is 5.03. The van der Waals surface area contributed by atoms with Crippen LogP contribution in [0.1, 0.15) is 19.8 Å². The number of carbonyl (C=O) groups excluding carboxylic acids is 1. The number of esters is 1. The Morgan fingerprint density at radius 1 is 1.50 bits per heavy atom. The van der Waals surface area contributed by atoms with Crippen molar-refractivity contribution in [2.75, 3.05) is 6.61 Å². The molecule has 0 saturated heterocycles. The third-order valence-electron chi connectivity index (χ3n) is 2.51. The van der Waals surface area contributed by atoms with Gasteiger partial charge in [-0.2, -0.15) is 0 Å². The van der Waals surface area contributed by atoms with Gasteiger partial charge in [0.05, 0.1) is 6.61 Å². The van der Waals surface area contributed by atoms with Crippen LogP contribution in [-0.4, -0.2) is 22.4 Å². The predicted molar refractivity (Wildman–Crippen MR) is 77.8 cm³/mol. The van der Waals surface area contributed by atoms with E-state index in [-0.39, 0.29) is 5.97 Å². The molecule has 96 valence electrons. The van der Waals surface area contributed by atoms with Crippen molar-refractivity contribution in [3.8, 4) is 5.75 Å². The van der Waals surface area contributed by atoms with Gasteiger partial charge in [0, 0.05) is 0 Å². The molecule has 0 fully saturated rings. The van der Waals surface area contributed by atoms with Crippen molar-refractivity contribution >= 4 is 38.0 Å². The quantitative estimate of drug-likeness (QED) is 0.471. The standard InChI is InChI=1S/C13H14INO3/c1-2-3-8-17-13(16)11-12(14)15-9-6-4-5-7-10(9)18-11/h4-7,11H,2-3,8H2,1H3. The van der Waals surface area contributed by atoms with Crippen LogP contribution in [0.5, 0.6) is 5.75 Å². The third-order valence-corrected chi connectivity index (χ3v) is 3.32. The van der Waals surface area contributed by atoms with Crippen LogP contribution in [0, 0.1) is 0 Å². The number of carbonyl (C=O) groups is 1. The Morgan fingerprint density at radius 2 is 2.28 bits per heavy atom. The molecule has 0 aliphatic carbocycles. The summed E-state index contributed by atoms with van der Waals surface area (Å²) in [5.74, 6) is 0.251. The van der Waals surface area contributed by atoms with E-state index in [9.17, 15) is 4.79 Å². The fourth-order valence-corrected chi connectivity index (χ4v) is 2.18. The lowest BCUT2D eigenvalue weighted by Crippen LogP contribution is -2.36. The van der Waals surface area contributed by atoms with E-state index < -0.39 is 6.10 Å². The van der Waals surface area contributed by atoms with E-state index in [0.29, 0.717) is 16.1 Å². The fraction of sp³-hybridized carbons (Fsp3) is 0.385. The molecule has 0 amide bonds. The van der Waals surface area contributed by atoms with Crippen molar-refractivity contribution in [3.05, 3.63) is 24.3 Å². The zero-order valence-corrected chi connectivity index (χ0v) is 12.2. The lowest BCUT2D eigenvalue weighted by molar-refractivity contribution is -0.148. The fourth-order valence-electron chi connectivity index (χ4n) is 1.54. The van der Waals surface area contributed by atoms with Gasteiger partial charge in [-0.15, -0.1) is 0 Å². The van der Waals surface area contributed by atoms with Crippen molar-refractivity contribution in [3.63, 3.8) is 0 Å². The summed E-state index contributed by atoms with van der Waals surface area (Å²) in [6.45, 7) is 2.48. The smallest absolute Gasteiger partial charge is 0.354 e. The van der Waals surface area contributed by atoms with E-state index in [2.05, 4.69) is 4.99 Å². The monoisotopic (exact) mass is 359 g/mol. The molecule has 1 aromatic carbocycles. The number of hydrogen-bond acceptors (Lipinski definition) is 4. The number of unbranched alkanes of at least 4 members (excludes halogenated alkanes) is 1. The summed E-state index contributed by atoms with van der Waals surface area (Å²) in [6, 6.07) is 7.39. The van der Waals surface area contributed by atoms with Crippen molar-refractivity contribution < 1.29 is 14.3 Å². The number of nitrogens with zero attached hydrogens (tertiary/aromatic N) is 1. The molecular formula is C13H14INO3. The summed E-state index contributed by atoms with van der Waals surface area (Å²) >= 11 is 2.02. The van der Waals surface area contributed by atoms with Crippen molar-refractivity contribution in [2.24, 2.45) is 4.99 Å². The second kappa shape index (κ2) is 6.17. The summed E-state index contributed by atoms with van der Waals surface area (Å²) in [6.07, 6.45) is 1.13. The number of para-hydroxylation sites is 2. The number of halogens is 1. The largest absolute Gasteiger partial charge is 0.469 e. The average molecular weight is 359 g/mol. The molecule has 4 nitrogen and oxygen atoms in total. The Hall–Kier alpha value is -1.11. The molecule has 2 rings (SSSR count). The highest BCUT2D eigenvalue weighted by Crippen LogP contribution is 2.33. The van der Waals surface area contributed by atoms with Crippen LogP contribution in [0.4, 0.5) is 5.69 Å². The predicted octanol–water partition coefficient (Wildman–Crippen LogP) is 3.26. The summed E-state index contributed by atoms with van der Waals surface area (Å²) in [5.41, 5.74) is 0.750. The molecule has 0 aromatic heterocycles. The van der Waals surface area contributed by atoms with Gasteiger partial charge in [0.25, 0.3) is 0 Å². The van der Waals surface area contributed by atoms with Crippen molar-refractivity contribution in [1.82, 2.24) is 0 Å². The van der Waals surface area contributed by atoms with Gasteiger partial charge in [0.15, 0.2) is 0 Å². The van der Waals surface area contributed by atoms with Gasteiger partial charge >= 0.3 is 5.97 Å². The Bertz CT molecular complexity index is 473. The first-order chi connectivity index (χ1) is 8.72. The Morgan fingerprint density at radius 3 is 3.06 bits per heavy atom. The number of hydrogen-bond donors (Lipinski definition) is 0. The summed E-state index contributed by atoms with van der Waals surface area (Å²) in [7, 11) is 0. The van der Waals surface area contributed by atoms with Crippen LogP contribution in [0.25, 0.3) is 0 Å². The zero-order valence-electron chi connectivity index (χ0n) is 10.1. The van der Waals surface area contributed by atoms with Gasteiger partial charge in [-0.3, -0.25) is 0 Å². The van der Waals surface area contributed by atoms with Crippen molar-refractivity contribution in [1.29, 1.82) is 0 Å². The number of rotatable bonds is 4. The summed E-state index contributed by atoms with van der Waals surface area (Å²) in [4.78, 5) is 16.2. The highest BCUT2D eigenvalue weighted by molar-refractivity contribution is 14.1. The molecule has 0 bridgehead atoms. The average Bonchev–Trinajstić information content (AvgIpc) is 2.38. The minimum absolute atomic E-state index is 0.369. The van der Waals surface area contributed by atoms with E-state index in [0.717, 1.165) is 18.5 Å². The maximum atomic E-state index is 11.9. The highest BCUT2D eigenvalue weighted by atomic mass is 127. The minimum atomic E-state index is -0.725. The molecule has 0 saturated carbocycles. The first-order valence-electron chi connectivity index (χ1n) is 5.88. The number of benzene rings is 1. The van der Waals surface area contributed by atoms with Crippen LogP contribution in [0.15, 0.2) is 29.3 Å². The molecular weight excluding hydrogens is 345 g/mol. The summed E-state index contributed by atoms with van der Waals surface area (Å²) < 4.78 is 11.4. The van der Waals surface area contributed by atoms with Crippen LogP contribution in [-0.2, 0) is 9.53 Å². The van der Waals surface area contributed by atoms with E-state index in [4.69, 9.17) is 9.47 Å². The van der Waals surface area contributed by atoms with E-state index >= 15 is 0 Å². The van der Waals surface area contributed by atoms with Gasteiger partial charge in [0.1, 0.15) is 15.2 Å². The number of aliphatic imine (C=N–C) groups is 1. The van der Waals surface area contributed by atoms with Gasteiger partial charge in [-0.05, 0) is 41.1 Å². The number of fused-ring (bicyclic) bond motifs is 1. The molecule has 5 heteroatoms. The molecule has 0 N–H and O–H groups in total. The zero-order chi connectivity index (χ0) is 13.0. The molecule has 1 heterocycles. The van der Waals surface area contributed by atoms with Crippen LogP contribution in [0.3, 0.4) is 0 Å². The molecule has 0 spiro atoms. The van der Waals surface area contributed by atoms with Gasteiger partial charge < -0.3 is 9.47 Å². The van der Waals surface area contributed by atoms with Crippen molar-refractivity contribution in [2.45, 2.75) is 25.9 Å². The molecule has 1 aliphatic rings. The Balaban J connectivity index is 2.06. The van der Waals surface area contributed by atoms with E-state index in [1.54, 1.807) is 6.07 Å². The maximum Gasteiger partial charge on any atom is 0.354 e. The molecule has 0 radical (unpaired) electrons. The Labute approximate surface area is 120 Å². The Kier molecular flexibility index (Phi) is 4.57. The molecule has 1 atom stereocenters. The maximum absolute atomic E-state index is 11.9. The van der Waals surface area contributed by atoms with Crippen LogP contribution in [0.2, 0.25) is 0 Å². The van der Waals surface area contributed by atoms with Gasteiger partial charge in [-0.1, -0.05) is 25.5 Å². The first kappa shape index (κ1) is 13.3.